The van der Waals surface area contributed by atoms with E-state index in [9.17, 15) is 19.5 Å². The predicted molar refractivity (Wildman–Crippen MR) is 143 cm³/mol. The fourth-order valence-electron chi connectivity index (χ4n) is 10.4. The van der Waals surface area contributed by atoms with Gasteiger partial charge in [-0.2, -0.15) is 0 Å². The number of aliphatic hydroxyl groups is 1. The summed E-state index contributed by atoms with van der Waals surface area (Å²) in [6, 6.07) is 0. The van der Waals surface area contributed by atoms with Gasteiger partial charge in [0, 0.05) is 16.7 Å². The molecular formula is C32H43NO5. The van der Waals surface area contributed by atoms with Gasteiger partial charge in [0.1, 0.15) is 0 Å². The van der Waals surface area contributed by atoms with Crippen LogP contribution >= 0.6 is 0 Å². The molecule has 0 aliphatic heterocycles. The van der Waals surface area contributed by atoms with Crippen LogP contribution in [0.25, 0.3) is 4.85 Å². The van der Waals surface area contributed by atoms with Crippen molar-refractivity contribution in [2.75, 3.05) is 13.7 Å². The maximum Gasteiger partial charge on any atom is 0.308 e. The van der Waals surface area contributed by atoms with Gasteiger partial charge in [-0.15, -0.1) is 0 Å². The molecule has 6 nitrogen and oxygen atoms in total. The number of carbonyl (C=O) groups excluding carboxylic acids is 3. The molecule has 0 saturated heterocycles. The molecule has 5 aliphatic carbocycles. The van der Waals surface area contributed by atoms with E-state index in [2.05, 4.69) is 39.5 Å². The van der Waals surface area contributed by atoms with Gasteiger partial charge in [-0.25, -0.2) is 4.85 Å². The molecule has 0 amide bonds. The van der Waals surface area contributed by atoms with Crippen LogP contribution < -0.4 is 0 Å². The van der Waals surface area contributed by atoms with E-state index in [1.807, 2.05) is 12.2 Å². The molecule has 3 fully saturated rings. The number of hydrogen-bond donors (Lipinski definition) is 1. The lowest BCUT2D eigenvalue weighted by molar-refractivity contribution is -0.173. The van der Waals surface area contributed by atoms with Crippen LogP contribution in [-0.2, 0) is 19.1 Å². The van der Waals surface area contributed by atoms with Crippen molar-refractivity contribution in [1.29, 1.82) is 0 Å². The highest BCUT2D eigenvalue weighted by molar-refractivity contribution is 6.03. The maximum atomic E-state index is 14.3. The van der Waals surface area contributed by atoms with E-state index < -0.39 is 10.8 Å². The lowest BCUT2D eigenvalue weighted by atomic mass is 9.35. The molecule has 0 aromatic heterocycles. The summed E-state index contributed by atoms with van der Waals surface area (Å²) in [5.41, 5.74) is -1.29. The number of esters is 1. The van der Waals surface area contributed by atoms with Crippen LogP contribution in [0.4, 0.5) is 0 Å². The monoisotopic (exact) mass is 521 g/mol. The van der Waals surface area contributed by atoms with Crippen LogP contribution in [0.5, 0.6) is 0 Å². The molecule has 9 atom stereocenters. The Balaban J connectivity index is 1.66. The summed E-state index contributed by atoms with van der Waals surface area (Å²) < 4.78 is 5.24. The summed E-state index contributed by atoms with van der Waals surface area (Å²) in [7, 11) is 1.47. The first kappa shape index (κ1) is 27.3. The van der Waals surface area contributed by atoms with E-state index in [0.29, 0.717) is 0 Å². The van der Waals surface area contributed by atoms with E-state index in [1.165, 1.54) is 7.11 Å². The minimum Gasteiger partial charge on any atom is -0.469 e. The van der Waals surface area contributed by atoms with Crippen molar-refractivity contribution in [2.45, 2.75) is 80.1 Å². The Bertz CT molecular complexity index is 1210. The zero-order chi connectivity index (χ0) is 28.1. The van der Waals surface area contributed by atoms with Gasteiger partial charge in [-0.3, -0.25) is 9.59 Å². The summed E-state index contributed by atoms with van der Waals surface area (Å²) in [6.07, 6.45) is 8.68. The number of Topliss-reactive ketones (excluding diaryl/α,β-unsaturated/α-hetero) is 1. The molecule has 0 aromatic carbocycles. The van der Waals surface area contributed by atoms with Crippen molar-refractivity contribution in [3.63, 3.8) is 0 Å². The first-order valence-electron chi connectivity index (χ1n) is 14.2. The molecular weight excluding hydrogens is 478 g/mol. The number of ketones is 2. The Labute approximate surface area is 227 Å². The Morgan fingerprint density at radius 2 is 1.76 bits per heavy atom. The second-order valence-electron chi connectivity index (χ2n) is 14.7. The highest BCUT2D eigenvalue weighted by Gasteiger charge is 2.69. The number of methoxy groups -OCH3 is 1. The van der Waals surface area contributed by atoms with E-state index in [1.54, 1.807) is 6.92 Å². The SMILES string of the molecule is [C-]#[N+]C1=C[C@]2(C)C3=CC(=O)[C@@H]4[C@@H]5CC(C)(C)C[C@@H](C(=O)OC)C5CC[C@@]4(C)[C@]3(C)CC[C@H]2[C@](C)(CO)C1=O. The largest absolute Gasteiger partial charge is 0.469 e. The van der Waals surface area contributed by atoms with E-state index in [0.717, 1.165) is 44.1 Å². The molecule has 1 N–H and O–H groups in total. The molecule has 0 bridgehead atoms. The third kappa shape index (κ3) is 3.30. The second-order valence-corrected chi connectivity index (χ2v) is 14.7. The zero-order valence-electron chi connectivity index (χ0n) is 24.0. The number of ether oxygens (including phenoxy) is 1. The highest BCUT2D eigenvalue weighted by Crippen LogP contribution is 2.73. The van der Waals surface area contributed by atoms with Gasteiger partial charge in [-0.1, -0.05) is 53.2 Å². The Hall–Kier alpha value is -2.26. The van der Waals surface area contributed by atoms with Crippen LogP contribution in [-0.4, -0.2) is 36.4 Å². The van der Waals surface area contributed by atoms with E-state index >= 15 is 0 Å². The van der Waals surface area contributed by atoms with Gasteiger partial charge in [-0.05, 0) is 78.6 Å². The summed E-state index contributed by atoms with van der Waals surface area (Å²) in [4.78, 5) is 44.1. The highest BCUT2D eigenvalue weighted by atomic mass is 16.5. The third-order valence-corrected chi connectivity index (χ3v) is 12.3. The zero-order valence-corrected chi connectivity index (χ0v) is 24.0. The molecule has 0 heterocycles. The quantitative estimate of drug-likeness (QED) is 0.380. The van der Waals surface area contributed by atoms with Gasteiger partial charge in [0.15, 0.2) is 11.6 Å². The predicted octanol–water partition coefficient (Wildman–Crippen LogP) is 5.56. The average molecular weight is 522 g/mol. The average Bonchev–Trinajstić information content (AvgIpc) is 2.86. The molecule has 5 aliphatic rings. The van der Waals surface area contributed by atoms with Crippen molar-refractivity contribution in [2.24, 2.45) is 56.7 Å². The van der Waals surface area contributed by atoms with Gasteiger partial charge >= 0.3 is 5.97 Å². The molecule has 206 valence electrons. The van der Waals surface area contributed by atoms with Crippen molar-refractivity contribution in [3.8, 4) is 0 Å². The van der Waals surface area contributed by atoms with Crippen LogP contribution in [0.2, 0.25) is 0 Å². The van der Waals surface area contributed by atoms with Crippen LogP contribution in [0.3, 0.4) is 0 Å². The number of hydrogen-bond acceptors (Lipinski definition) is 5. The number of carbonyl (C=O) groups is 3. The number of allylic oxidation sites excluding steroid dienone is 4. The first-order valence-corrected chi connectivity index (χ1v) is 14.2. The molecule has 6 heteroatoms. The molecule has 5 rings (SSSR count). The number of fused-ring (bicyclic) bond motifs is 7. The topological polar surface area (TPSA) is 85.0 Å². The number of nitrogens with zero attached hydrogens (tertiary/aromatic N) is 1. The fourth-order valence-corrected chi connectivity index (χ4v) is 10.4. The van der Waals surface area contributed by atoms with E-state index in [-0.39, 0.29) is 75.7 Å². The smallest absolute Gasteiger partial charge is 0.308 e. The Morgan fingerprint density at radius 1 is 1.08 bits per heavy atom. The van der Waals surface area contributed by atoms with E-state index in [4.69, 9.17) is 11.3 Å². The van der Waals surface area contributed by atoms with Crippen LogP contribution in [0, 0.1) is 63.2 Å². The first-order chi connectivity index (χ1) is 17.6. The molecule has 3 saturated carbocycles. The van der Waals surface area contributed by atoms with Gasteiger partial charge in [0.25, 0.3) is 0 Å². The maximum absolute atomic E-state index is 14.3. The number of rotatable bonds is 2. The van der Waals surface area contributed by atoms with Crippen LogP contribution in [0.15, 0.2) is 23.4 Å². The van der Waals surface area contributed by atoms with Gasteiger partial charge < -0.3 is 14.6 Å². The standard InChI is InChI=1S/C32H43NO5/c1-28(2)14-19-18(20(15-28)27(37)38-8)9-11-32(6)25(19)22(35)13-24-29(3)16-21(33-7)26(36)30(4,17-34)23(29)10-12-31(24,32)5/h13,16,18-20,23,25,34H,9-12,14-15,17H2,1-6,8H3/t18?,19-,20-,23-,25+,29+,30+,31-,32-/m1/s1. The molecule has 0 aromatic rings. The summed E-state index contributed by atoms with van der Waals surface area (Å²) in [5.74, 6) is -0.608. The Morgan fingerprint density at radius 3 is 2.37 bits per heavy atom. The summed E-state index contributed by atoms with van der Waals surface area (Å²) in [6.45, 7) is 20.3. The minimum absolute atomic E-state index is 0.0625. The lowest BCUT2D eigenvalue weighted by Gasteiger charge is -2.68. The second kappa shape index (κ2) is 8.37. The molecule has 0 radical (unpaired) electrons. The number of aliphatic hydroxyl groups excluding tert-OH is 1. The summed E-state index contributed by atoms with van der Waals surface area (Å²) >= 11 is 0. The van der Waals surface area contributed by atoms with Crippen molar-refractivity contribution in [3.05, 3.63) is 34.8 Å². The molecule has 0 spiro atoms. The van der Waals surface area contributed by atoms with Crippen molar-refractivity contribution < 1.29 is 24.2 Å². The van der Waals surface area contributed by atoms with Gasteiger partial charge in [0.2, 0.25) is 5.70 Å². The lowest BCUT2D eigenvalue weighted by Crippen LogP contribution is -2.64. The fraction of sp³-hybridized carbons (Fsp3) is 0.750. The molecule has 38 heavy (non-hydrogen) atoms. The Kier molecular flexibility index (Phi) is 6.02. The normalized spacial score (nSPS) is 47.3. The summed E-state index contributed by atoms with van der Waals surface area (Å²) in [5, 5.41) is 10.4. The van der Waals surface area contributed by atoms with Gasteiger partial charge in [0.05, 0.1) is 26.2 Å². The van der Waals surface area contributed by atoms with Crippen LogP contribution in [0.1, 0.15) is 80.1 Å². The van der Waals surface area contributed by atoms with Crippen molar-refractivity contribution in [1.82, 2.24) is 0 Å². The third-order valence-electron chi connectivity index (χ3n) is 12.3. The minimum atomic E-state index is -1.05. The van der Waals surface area contributed by atoms with Crippen molar-refractivity contribution >= 4 is 17.5 Å². The molecule has 1 unspecified atom stereocenters.